The molecule has 0 aliphatic carbocycles. The maximum atomic E-state index is 12.5. The molecule has 2 unspecified atom stereocenters. The Balaban J connectivity index is 3.38. The summed E-state index contributed by atoms with van der Waals surface area (Å²) < 4.78 is 5.50. The van der Waals surface area contributed by atoms with Crippen LogP contribution in [0.15, 0.2) is 36.5 Å². The molecule has 0 aliphatic heterocycles. The van der Waals surface area contributed by atoms with Crippen molar-refractivity contribution in [2.24, 2.45) is 0 Å². The number of aliphatic hydroxyl groups is 2. The van der Waals surface area contributed by atoms with Crippen molar-refractivity contribution in [3.63, 3.8) is 0 Å². The topological polar surface area (TPSA) is 95.9 Å². The lowest BCUT2D eigenvalue weighted by atomic mass is 10.0. The first-order valence-corrected chi connectivity index (χ1v) is 35.2. The summed E-state index contributed by atoms with van der Waals surface area (Å²) in [6.07, 6.45) is 86.1. The quantitative estimate of drug-likeness (QED) is 0.0320. The first kappa shape index (κ1) is 76.1. The minimum absolute atomic E-state index is 0.0102. The summed E-state index contributed by atoms with van der Waals surface area (Å²) in [6.45, 7) is 4.96. The summed E-state index contributed by atoms with van der Waals surface area (Å²) in [7, 11) is 0. The summed E-state index contributed by atoms with van der Waals surface area (Å²) in [5.74, 6) is -0.0249. The van der Waals surface area contributed by atoms with E-state index in [1.807, 2.05) is 0 Å². The van der Waals surface area contributed by atoms with Crippen LogP contribution in [0, 0.1) is 0 Å². The molecule has 6 nitrogen and oxygen atoms in total. The Morgan fingerprint density at radius 2 is 0.641 bits per heavy atom. The molecule has 6 heteroatoms. The lowest BCUT2D eigenvalue weighted by Gasteiger charge is -2.22. The van der Waals surface area contributed by atoms with Gasteiger partial charge >= 0.3 is 5.97 Å². The Labute approximate surface area is 487 Å². The highest BCUT2D eigenvalue weighted by atomic mass is 16.5. The Morgan fingerprint density at radius 1 is 0.359 bits per heavy atom. The van der Waals surface area contributed by atoms with Crippen LogP contribution in [0.3, 0.4) is 0 Å². The molecule has 0 saturated carbocycles. The average molecular weight is 1100 g/mol. The van der Waals surface area contributed by atoms with E-state index in [2.05, 4.69) is 55.6 Å². The number of nitrogens with one attached hydrogen (secondary N) is 1. The zero-order valence-electron chi connectivity index (χ0n) is 52.7. The summed E-state index contributed by atoms with van der Waals surface area (Å²) in [5, 5.41) is 23.4. The third kappa shape index (κ3) is 63.3. The van der Waals surface area contributed by atoms with Gasteiger partial charge < -0.3 is 20.3 Å². The Bertz CT molecular complexity index is 1260. The normalized spacial score (nSPS) is 12.7. The van der Waals surface area contributed by atoms with Gasteiger partial charge in [-0.25, -0.2) is 0 Å². The van der Waals surface area contributed by atoms with Crippen LogP contribution in [0.2, 0.25) is 0 Å². The zero-order chi connectivity index (χ0) is 56.4. The lowest BCUT2D eigenvalue weighted by Crippen LogP contribution is -2.45. The number of carbonyl (C=O) groups excluding carboxylic acids is 2. The summed E-state index contributed by atoms with van der Waals surface area (Å²) >= 11 is 0. The molecule has 0 spiro atoms. The van der Waals surface area contributed by atoms with Crippen molar-refractivity contribution >= 4 is 11.9 Å². The molecule has 2 atom stereocenters. The van der Waals surface area contributed by atoms with Gasteiger partial charge in [0.15, 0.2) is 0 Å². The molecule has 0 aromatic carbocycles. The number of hydrogen-bond donors (Lipinski definition) is 3. The molecular weight excluding hydrogens is 959 g/mol. The van der Waals surface area contributed by atoms with Crippen LogP contribution in [-0.2, 0) is 14.3 Å². The van der Waals surface area contributed by atoms with Crippen molar-refractivity contribution < 1.29 is 24.5 Å². The van der Waals surface area contributed by atoms with Crippen molar-refractivity contribution in [1.29, 1.82) is 0 Å². The minimum atomic E-state index is -0.667. The van der Waals surface area contributed by atoms with E-state index in [0.717, 1.165) is 51.4 Å². The predicted molar refractivity (Wildman–Crippen MR) is 343 cm³/mol. The molecule has 0 radical (unpaired) electrons. The number of esters is 1. The number of carbonyl (C=O) groups is 2. The van der Waals surface area contributed by atoms with E-state index in [1.54, 1.807) is 0 Å². The molecule has 0 aromatic rings. The molecule has 0 heterocycles. The van der Waals surface area contributed by atoms with Gasteiger partial charge in [-0.05, 0) is 83.5 Å². The summed E-state index contributed by atoms with van der Waals surface area (Å²) in [6, 6.07) is -0.544. The summed E-state index contributed by atoms with van der Waals surface area (Å²) in [4.78, 5) is 24.6. The van der Waals surface area contributed by atoms with Gasteiger partial charge in [-0.15, -0.1) is 0 Å². The van der Waals surface area contributed by atoms with Crippen molar-refractivity contribution in [3.05, 3.63) is 36.5 Å². The number of ether oxygens (including phenoxy) is 1. The molecule has 78 heavy (non-hydrogen) atoms. The van der Waals surface area contributed by atoms with E-state index >= 15 is 0 Å². The fourth-order valence-corrected chi connectivity index (χ4v) is 11.0. The van der Waals surface area contributed by atoms with Gasteiger partial charge in [0, 0.05) is 12.8 Å². The molecule has 0 rings (SSSR count). The van der Waals surface area contributed by atoms with Gasteiger partial charge in [-0.3, -0.25) is 9.59 Å². The van der Waals surface area contributed by atoms with Crippen LogP contribution in [-0.4, -0.2) is 47.4 Å². The number of amides is 1. The number of allylic oxidation sites excluding steroid dienone is 6. The fourth-order valence-electron chi connectivity index (χ4n) is 11.0. The number of unbranched alkanes of at least 4 members (excludes halogenated alkanes) is 49. The van der Waals surface area contributed by atoms with Crippen molar-refractivity contribution in [3.8, 4) is 0 Å². The largest absolute Gasteiger partial charge is 0.466 e. The number of aliphatic hydroxyl groups excluding tert-OH is 2. The predicted octanol–water partition coefficient (Wildman–Crippen LogP) is 22.7. The molecule has 0 fully saturated rings. The van der Waals surface area contributed by atoms with E-state index < -0.39 is 12.1 Å². The Morgan fingerprint density at radius 3 is 1.01 bits per heavy atom. The van der Waals surface area contributed by atoms with E-state index in [0.29, 0.717) is 25.9 Å². The Hall–Kier alpha value is -1.92. The Kier molecular flexibility index (Phi) is 65.9. The van der Waals surface area contributed by atoms with Crippen molar-refractivity contribution in [1.82, 2.24) is 5.32 Å². The zero-order valence-corrected chi connectivity index (χ0v) is 52.7. The molecule has 460 valence electrons. The monoisotopic (exact) mass is 1100 g/mol. The average Bonchev–Trinajstić information content (AvgIpc) is 3.44. The van der Waals surface area contributed by atoms with E-state index in [-0.39, 0.29) is 18.5 Å². The second-order valence-corrected chi connectivity index (χ2v) is 24.2. The van der Waals surface area contributed by atoms with Gasteiger partial charge in [0.25, 0.3) is 0 Å². The van der Waals surface area contributed by atoms with Gasteiger partial charge in [0.2, 0.25) is 5.91 Å². The molecule has 0 aromatic heterocycles. The highest BCUT2D eigenvalue weighted by Gasteiger charge is 2.20. The second-order valence-electron chi connectivity index (χ2n) is 24.2. The van der Waals surface area contributed by atoms with Crippen molar-refractivity contribution in [2.75, 3.05) is 13.2 Å². The highest BCUT2D eigenvalue weighted by molar-refractivity contribution is 5.76. The van der Waals surface area contributed by atoms with E-state index in [9.17, 15) is 19.8 Å². The van der Waals surface area contributed by atoms with Gasteiger partial charge in [0.1, 0.15) is 0 Å². The van der Waals surface area contributed by atoms with Crippen LogP contribution in [0.1, 0.15) is 386 Å². The minimum Gasteiger partial charge on any atom is -0.466 e. The molecule has 3 N–H and O–H groups in total. The van der Waals surface area contributed by atoms with Crippen LogP contribution < -0.4 is 5.32 Å². The third-order valence-electron chi connectivity index (χ3n) is 16.4. The van der Waals surface area contributed by atoms with Gasteiger partial charge in [0.05, 0.1) is 25.4 Å². The molecular formula is C72H137NO5. The number of hydrogen-bond acceptors (Lipinski definition) is 5. The molecule has 0 bridgehead atoms. The van der Waals surface area contributed by atoms with Gasteiger partial charge in [-0.2, -0.15) is 0 Å². The molecule has 0 saturated heterocycles. The third-order valence-corrected chi connectivity index (χ3v) is 16.4. The van der Waals surface area contributed by atoms with Crippen LogP contribution in [0.4, 0.5) is 0 Å². The highest BCUT2D eigenvalue weighted by Crippen LogP contribution is 2.18. The van der Waals surface area contributed by atoms with Crippen LogP contribution in [0.25, 0.3) is 0 Å². The van der Waals surface area contributed by atoms with Crippen LogP contribution in [0.5, 0.6) is 0 Å². The van der Waals surface area contributed by atoms with Crippen LogP contribution >= 0.6 is 0 Å². The van der Waals surface area contributed by atoms with E-state index in [1.165, 1.54) is 302 Å². The van der Waals surface area contributed by atoms with E-state index in [4.69, 9.17) is 4.74 Å². The standard InChI is InChI=1S/C72H137NO5/c1-3-5-7-9-11-13-15-17-19-21-29-34-38-42-46-50-54-58-62-66-72(77)78-67-63-59-55-51-47-43-39-35-31-28-26-24-22-23-25-27-30-33-37-41-45-49-53-57-61-65-71(76)73-69(68-74)70(75)64-60-56-52-48-44-40-36-32-20-18-16-14-12-10-8-6-4-2/h11,13,17,19,23,25,69-70,74-75H,3-10,12,14-16,18,20-22,24,26-68H2,1-2H3,(H,73,76)/b13-11-,19-17-,25-23-. The maximum absolute atomic E-state index is 12.5. The molecule has 1 amide bonds. The summed E-state index contributed by atoms with van der Waals surface area (Å²) in [5.41, 5.74) is 0. The van der Waals surface area contributed by atoms with Gasteiger partial charge in [-0.1, -0.05) is 326 Å². The van der Waals surface area contributed by atoms with Crippen molar-refractivity contribution in [2.45, 2.75) is 398 Å². The number of rotatable bonds is 66. The second kappa shape index (κ2) is 67.6. The SMILES string of the molecule is CCCCC/C=C\C/C=C\CCCCCCCCCCCC(=O)OCCCCCCCCCCCCCC/C=C\CCCCCCCCCCCC(=O)NC(CO)C(O)CCCCCCCCCCCCCCCCCCC. The first-order chi connectivity index (χ1) is 38.5. The maximum Gasteiger partial charge on any atom is 0.305 e. The fraction of sp³-hybridized carbons (Fsp3) is 0.889. The smallest absolute Gasteiger partial charge is 0.305 e. The lowest BCUT2D eigenvalue weighted by molar-refractivity contribution is -0.143. The molecule has 0 aliphatic rings. The first-order valence-electron chi connectivity index (χ1n) is 35.2.